The minimum Gasteiger partial charge on any atom is -0.497 e. The lowest BCUT2D eigenvalue weighted by Gasteiger charge is -2.31. The predicted octanol–water partition coefficient (Wildman–Crippen LogP) is 3.65. The lowest BCUT2D eigenvalue weighted by molar-refractivity contribution is -0.132. The van der Waals surface area contributed by atoms with Gasteiger partial charge in [0.2, 0.25) is 12.7 Å². The summed E-state index contributed by atoms with van der Waals surface area (Å²) >= 11 is 1.52. The van der Waals surface area contributed by atoms with E-state index in [-0.39, 0.29) is 18.8 Å². The molecular weight excluding hydrogens is 404 g/mol. The molecular formula is C22H22N2O5S. The van der Waals surface area contributed by atoms with Gasteiger partial charge in [-0.25, -0.2) is 4.98 Å². The summed E-state index contributed by atoms with van der Waals surface area (Å²) in [7, 11) is 1.65. The summed E-state index contributed by atoms with van der Waals surface area (Å²) in [5.74, 6) is 2.38. The zero-order valence-corrected chi connectivity index (χ0v) is 17.4. The van der Waals surface area contributed by atoms with E-state index in [2.05, 4.69) is 4.98 Å². The van der Waals surface area contributed by atoms with E-state index < -0.39 is 0 Å². The maximum absolute atomic E-state index is 12.7. The highest BCUT2D eigenvalue weighted by molar-refractivity contribution is 7.20. The van der Waals surface area contributed by atoms with Crippen LogP contribution in [0.3, 0.4) is 0 Å². The van der Waals surface area contributed by atoms with Crippen LogP contribution in [0.25, 0.3) is 10.2 Å². The second kappa shape index (κ2) is 8.02. The number of nitrogens with zero attached hydrogens (tertiary/aromatic N) is 2. The van der Waals surface area contributed by atoms with Crippen molar-refractivity contribution in [3.8, 4) is 22.4 Å². The molecule has 1 aromatic heterocycles. The Morgan fingerprint density at radius 3 is 2.83 bits per heavy atom. The first-order valence-corrected chi connectivity index (χ1v) is 10.8. The van der Waals surface area contributed by atoms with E-state index in [1.54, 1.807) is 7.11 Å². The summed E-state index contributed by atoms with van der Waals surface area (Å²) in [6.45, 7) is 1.61. The molecule has 0 spiro atoms. The molecule has 7 nitrogen and oxygen atoms in total. The number of rotatable bonds is 5. The Labute approximate surface area is 178 Å². The van der Waals surface area contributed by atoms with Crippen LogP contribution in [-0.2, 0) is 11.2 Å². The average molecular weight is 426 g/mol. The fourth-order valence-electron chi connectivity index (χ4n) is 3.76. The van der Waals surface area contributed by atoms with Crippen molar-refractivity contribution in [2.45, 2.75) is 25.4 Å². The molecule has 30 heavy (non-hydrogen) atoms. The van der Waals surface area contributed by atoms with Crippen molar-refractivity contribution in [2.75, 3.05) is 27.0 Å². The van der Waals surface area contributed by atoms with Crippen molar-refractivity contribution in [3.05, 3.63) is 42.0 Å². The second-order valence-electron chi connectivity index (χ2n) is 7.38. The number of amides is 1. The van der Waals surface area contributed by atoms with Gasteiger partial charge < -0.3 is 23.8 Å². The highest BCUT2D eigenvalue weighted by Crippen LogP contribution is 2.33. The Bertz CT molecular complexity index is 1070. The molecule has 0 unspecified atom stereocenters. The van der Waals surface area contributed by atoms with Crippen LogP contribution < -0.4 is 18.9 Å². The molecule has 0 radical (unpaired) electrons. The number of carbonyl (C=O) groups is 1. The van der Waals surface area contributed by atoms with Crippen LogP contribution in [0.4, 0.5) is 0 Å². The van der Waals surface area contributed by atoms with E-state index in [4.69, 9.17) is 18.9 Å². The molecule has 0 atom stereocenters. The molecule has 3 heterocycles. The van der Waals surface area contributed by atoms with Crippen molar-refractivity contribution >= 4 is 27.5 Å². The van der Waals surface area contributed by atoms with Gasteiger partial charge in [-0.05, 0) is 35.9 Å². The standard InChI is InChI=1S/C22H22N2O5S/c1-26-16-3-4-17-20(12-16)30-22(23-17)29-15-6-8-24(9-7-15)21(25)11-14-2-5-18-19(10-14)28-13-27-18/h2-5,10,12,15H,6-9,11,13H2,1H3. The second-order valence-corrected chi connectivity index (χ2v) is 8.37. The third kappa shape index (κ3) is 3.87. The summed E-state index contributed by atoms with van der Waals surface area (Å²) in [6.07, 6.45) is 2.03. The molecule has 1 fully saturated rings. The lowest BCUT2D eigenvalue weighted by Crippen LogP contribution is -2.42. The van der Waals surface area contributed by atoms with Gasteiger partial charge in [0.25, 0.3) is 5.19 Å². The van der Waals surface area contributed by atoms with Gasteiger partial charge in [0.15, 0.2) is 11.5 Å². The Morgan fingerprint density at radius 2 is 2.00 bits per heavy atom. The number of thiazole rings is 1. The van der Waals surface area contributed by atoms with E-state index in [0.717, 1.165) is 40.1 Å². The highest BCUT2D eigenvalue weighted by atomic mass is 32.1. The van der Waals surface area contributed by atoms with Crippen LogP contribution >= 0.6 is 11.3 Å². The minimum atomic E-state index is 0.0713. The maximum atomic E-state index is 12.7. The summed E-state index contributed by atoms with van der Waals surface area (Å²) in [4.78, 5) is 19.2. The van der Waals surface area contributed by atoms with Gasteiger partial charge in [0, 0.05) is 25.9 Å². The average Bonchev–Trinajstić information content (AvgIpc) is 3.39. The molecule has 2 aliphatic rings. The number of piperidine rings is 1. The van der Waals surface area contributed by atoms with Gasteiger partial charge >= 0.3 is 0 Å². The van der Waals surface area contributed by atoms with Gasteiger partial charge in [-0.3, -0.25) is 4.79 Å². The number of aromatic nitrogens is 1. The van der Waals surface area contributed by atoms with Crippen LogP contribution in [0.5, 0.6) is 22.4 Å². The Balaban J connectivity index is 1.15. The molecule has 8 heteroatoms. The van der Waals surface area contributed by atoms with E-state index in [0.29, 0.717) is 30.5 Å². The van der Waals surface area contributed by atoms with Gasteiger partial charge in [0.1, 0.15) is 11.9 Å². The molecule has 0 N–H and O–H groups in total. The number of ether oxygens (including phenoxy) is 4. The molecule has 2 aliphatic heterocycles. The topological polar surface area (TPSA) is 70.1 Å². The van der Waals surface area contributed by atoms with Gasteiger partial charge in [-0.15, -0.1) is 0 Å². The number of hydrogen-bond acceptors (Lipinski definition) is 7. The number of carbonyl (C=O) groups excluding carboxylic acids is 1. The van der Waals surface area contributed by atoms with E-state index >= 15 is 0 Å². The molecule has 2 aromatic carbocycles. The van der Waals surface area contributed by atoms with Crippen molar-refractivity contribution in [3.63, 3.8) is 0 Å². The fourth-order valence-corrected chi connectivity index (χ4v) is 4.67. The summed E-state index contributed by atoms with van der Waals surface area (Å²) in [5, 5.41) is 0.670. The van der Waals surface area contributed by atoms with E-state index in [9.17, 15) is 4.79 Å². The van der Waals surface area contributed by atoms with Crippen molar-refractivity contribution < 1.29 is 23.7 Å². The van der Waals surface area contributed by atoms with Crippen LogP contribution in [0.1, 0.15) is 18.4 Å². The van der Waals surface area contributed by atoms with Gasteiger partial charge in [-0.1, -0.05) is 17.4 Å². The first-order chi connectivity index (χ1) is 14.7. The van der Waals surface area contributed by atoms with E-state index in [1.165, 1.54) is 11.3 Å². The SMILES string of the molecule is COc1ccc2nc(OC3CCN(C(=O)Cc4ccc5c(c4)OCO5)CC3)sc2c1. The molecule has 156 valence electrons. The summed E-state index contributed by atoms with van der Waals surface area (Å²) in [6, 6.07) is 11.5. The number of benzene rings is 2. The molecule has 3 aromatic rings. The fraction of sp³-hybridized carbons (Fsp3) is 0.364. The highest BCUT2D eigenvalue weighted by Gasteiger charge is 2.25. The largest absolute Gasteiger partial charge is 0.497 e. The number of methoxy groups -OCH3 is 1. The molecule has 1 amide bonds. The van der Waals surface area contributed by atoms with Crippen molar-refractivity contribution in [1.29, 1.82) is 0 Å². The van der Waals surface area contributed by atoms with Crippen LogP contribution in [0, 0.1) is 0 Å². The lowest BCUT2D eigenvalue weighted by atomic mass is 10.1. The van der Waals surface area contributed by atoms with Crippen LogP contribution in [0.15, 0.2) is 36.4 Å². The molecule has 0 saturated carbocycles. The Morgan fingerprint density at radius 1 is 1.17 bits per heavy atom. The quantitative estimate of drug-likeness (QED) is 0.620. The third-order valence-electron chi connectivity index (χ3n) is 5.43. The number of likely N-dealkylation sites (tertiary alicyclic amines) is 1. The van der Waals surface area contributed by atoms with Crippen LogP contribution in [-0.4, -0.2) is 48.9 Å². The van der Waals surface area contributed by atoms with E-state index in [1.807, 2.05) is 41.3 Å². The molecule has 5 rings (SSSR count). The number of fused-ring (bicyclic) bond motifs is 2. The summed E-state index contributed by atoms with van der Waals surface area (Å²) < 4.78 is 23.1. The first-order valence-electron chi connectivity index (χ1n) is 9.95. The normalized spacial score (nSPS) is 16.1. The minimum absolute atomic E-state index is 0.0713. The summed E-state index contributed by atoms with van der Waals surface area (Å²) in [5.41, 5.74) is 1.85. The third-order valence-corrected chi connectivity index (χ3v) is 6.34. The molecule has 0 aliphatic carbocycles. The monoisotopic (exact) mass is 426 g/mol. The maximum Gasteiger partial charge on any atom is 0.274 e. The van der Waals surface area contributed by atoms with Crippen molar-refractivity contribution in [1.82, 2.24) is 9.88 Å². The van der Waals surface area contributed by atoms with Crippen molar-refractivity contribution in [2.24, 2.45) is 0 Å². The molecule has 1 saturated heterocycles. The molecule has 0 bridgehead atoms. The van der Waals surface area contributed by atoms with Gasteiger partial charge in [0.05, 0.1) is 23.7 Å². The number of hydrogen-bond donors (Lipinski definition) is 0. The Kier molecular flexibility index (Phi) is 5.08. The zero-order valence-electron chi connectivity index (χ0n) is 16.6. The zero-order chi connectivity index (χ0) is 20.5. The van der Waals surface area contributed by atoms with Crippen LogP contribution in [0.2, 0.25) is 0 Å². The van der Waals surface area contributed by atoms with Gasteiger partial charge in [-0.2, -0.15) is 0 Å². The predicted molar refractivity (Wildman–Crippen MR) is 113 cm³/mol. The first kappa shape index (κ1) is 19.0. The smallest absolute Gasteiger partial charge is 0.274 e. The Hall–Kier alpha value is -3.00.